The Balaban J connectivity index is 1.55. The van der Waals surface area contributed by atoms with E-state index in [0.29, 0.717) is 17.9 Å². The highest BCUT2D eigenvalue weighted by Crippen LogP contribution is 2.31. The molecule has 0 bridgehead atoms. The van der Waals surface area contributed by atoms with Crippen LogP contribution in [0.5, 0.6) is 0 Å². The largest absolute Gasteiger partial charge is 0.337 e. The van der Waals surface area contributed by atoms with Gasteiger partial charge in [-0.1, -0.05) is 11.6 Å². The van der Waals surface area contributed by atoms with Gasteiger partial charge in [-0.05, 0) is 57.2 Å². The highest BCUT2D eigenvalue weighted by Gasteiger charge is 2.50. The number of carbonyl (C=O) groups excluding carboxylic acids is 4. The third-order valence-corrected chi connectivity index (χ3v) is 5.41. The number of nitrogens with zero attached hydrogens (tertiary/aromatic N) is 1. The van der Waals surface area contributed by atoms with E-state index in [1.54, 1.807) is 0 Å². The molecule has 166 valence electrons. The molecule has 0 unspecified atom stereocenters. The minimum Gasteiger partial charge on any atom is -0.337 e. The van der Waals surface area contributed by atoms with Crippen molar-refractivity contribution in [3.05, 3.63) is 47.0 Å². The van der Waals surface area contributed by atoms with Gasteiger partial charge in [0.15, 0.2) is 0 Å². The van der Waals surface area contributed by atoms with Gasteiger partial charge in [-0.15, -0.1) is 0 Å². The first-order valence-corrected chi connectivity index (χ1v) is 10.1. The second-order valence-electron chi connectivity index (χ2n) is 7.73. The van der Waals surface area contributed by atoms with Gasteiger partial charge in [-0.2, -0.15) is 0 Å². The van der Waals surface area contributed by atoms with Crippen molar-refractivity contribution in [2.45, 2.75) is 44.6 Å². The summed E-state index contributed by atoms with van der Waals surface area (Å²) in [5, 5.41) is 6.90. The molecule has 8 nitrogen and oxygen atoms in total. The number of hydrogen-bond acceptors (Lipinski definition) is 4. The number of imide groups is 2. The molecule has 6 amide bonds. The Labute approximate surface area is 178 Å². The predicted molar refractivity (Wildman–Crippen MR) is 107 cm³/mol. The summed E-state index contributed by atoms with van der Waals surface area (Å²) < 4.78 is 27.7. The number of rotatable bonds is 6. The quantitative estimate of drug-likeness (QED) is 0.472. The van der Waals surface area contributed by atoms with E-state index in [-0.39, 0.29) is 5.56 Å². The SMILES string of the molecule is C[C@@]1(c2cc(F)ccc2F)NC(=O)N(CC(=O)NC(=O)NCCC2=CCCCC2)C1=O. The number of nitrogens with one attached hydrogen (secondary N) is 3. The van der Waals surface area contributed by atoms with E-state index in [9.17, 15) is 28.0 Å². The molecule has 1 aliphatic heterocycles. The maximum absolute atomic E-state index is 14.2. The van der Waals surface area contributed by atoms with Crippen molar-refractivity contribution in [3.8, 4) is 0 Å². The molecular formula is C21H24F2N4O4. The molecule has 0 aromatic heterocycles. The van der Waals surface area contributed by atoms with E-state index in [0.717, 1.165) is 37.5 Å². The lowest BCUT2D eigenvalue weighted by Crippen LogP contribution is -2.47. The third kappa shape index (κ3) is 5.07. The van der Waals surface area contributed by atoms with Gasteiger partial charge in [0.25, 0.3) is 5.91 Å². The highest BCUT2D eigenvalue weighted by molar-refractivity contribution is 6.10. The van der Waals surface area contributed by atoms with Crippen LogP contribution in [0.25, 0.3) is 0 Å². The van der Waals surface area contributed by atoms with Crippen LogP contribution in [0.2, 0.25) is 0 Å². The zero-order valence-electron chi connectivity index (χ0n) is 17.1. The van der Waals surface area contributed by atoms with Crippen LogP contribution in [0.15, 0.2) is 29.8 Å². The van der Waals surface area contributed by atoms with Crippen molar-refractivity contribution >= 4 is 23.9 Å². The Kier molecular flexibility index (Phi) is 6.67. The van der Waals surface area contributed by atoms with Crippen LogP contribution >= 0.6 is 0 Å². The minimum atomic E-state index is -1.88. The van der Waals surface area contributed by atoms with Crippen molar-refractivity contribution in [3.63, 3.8) is 0 Å². The smallest absolute Gasteiger partial charge is 0.325 e. The average Bonchev–Trinajstić information content (AvgIpc) is 2.94. The van der Waals surface area contributed by atoms with Crippen LogP contribution in [-0.4, -0.2) is 41.9 Å². The Morgan fingerprint density at radius 3 is 2.71 bits per heavy atom. The fourth-order valence-corrected chi connectivity index (χ4v) is 3.73. The molecule has 3 N–H and O–H groups in total. The summed E-state index contributed by atoms with van der Waals surface area (Å²) in [7, 11) is 0. The van der Waals surface area contributed by atoms with Gasteiger partial charge in [0.05, 0.1) is 0 Å². The Bertz CT molecular complexity index is 949. The number of benzene rings is 1. The van der Waals surface area contributed by atoms with Gasteiger partial charge in [0.2, 0.25) is 5.91 Å². The molecule has 10 heteroatoms. The molecule has 1 saturated heterocycles. The highest BCUT2D eigenvalue weighted by atomic mass is 19.1. The molecule has 2 aliphatic rings. The summed E-state index contributed by atoms with van der Waals surface area (Å²) in [5.41, 5.74) is -0.968. The van der Waals surface area contributed by atoms with Gasteiger partial charge in [0, 0.05) is 12.1 Å². The number of halogens is 2. The standard InChI is InChI=1S/C21H24F2N4O4/c1-21(15-11-14(22)7-8-16(15)23)18(29)27(20(31)26-21)12-17(28)25-19(30)24-10-9-13-5-3-2-4-6-13/h5,7-8,11H,2-4,6,9-10,12H2,1H3,(H,26,31)(H2,24,25,28,30)/t21-/m0/s1. The number of hydrogen-bond donors (Lipinski definition) is 3. The summed E-state index contributed by atoms with van der Waals surface area (Å²) in [4.78, 5) is 49.6. The summed E-state index contributed by atoms with van der Waals surface area (Å²) in [6.07, 6.45) is 7.17. The van der Waals surface area contributed by atoms with E-state index < -0.39 is 47.6 Å². The first kappa shape index (κ1) is 22.4. The second kappa shape index (κ2) is 9.23. The van der Waals surface area contributed by atoms with E-state index in [1.807, 2.05) is 0 Å². The maximum Gasteiger partial charge on any atom is 0.325 e. The van der Waals surface area contributed by atoms with Gasteiger partial charge in [-0.3, -0.25) is 19.8 Å². The summed E-state index contributed by atoms with van der Waals surface area (Å²) in [6.45, 7) is 0.830. The summed E-state index contributed by atoms with van der Waals surface area (Å²) >= 11 is 0. The molecule has 0 spiro atoms. The van der Waals surface area contributed by atoms with Crippen molar-refractivity contribution in [1.29, 1.82) is 0 Å². The zero-order chi connectivity index (χ0) is 22.6. The predicted octanol–water partition coefficient (Wildman–Crippen LogP) is 2.45. The molecule has 1 aliphatic carbocycles. The normalized spacial score (nSPS) is 20.9. The topological polar surface area (TPSA) is 108 Å². The molecule has 3 rings (SSSR count). The Hall–Kier alpha value is -3.30. The molecule has 1 atom stereocenters. The van der Waals surface area contributed by atoms with Crippen LogP contribution in [-0.2, 0) is 15.1 Å². The molecular weight excluding hydrogens is 410 g/mol. The fraction of sp³-hybridized carbons (Fsp3) is 0.429. The fourth-order valence-electron chi connectivity index (χ4n) is 3.73. The number of urea groups is 2. The van der Waals surface area contributed by atoms with Crippen LogP contribution in [0, 0.1) is 11.6 Å². The molecule has 1 aromatic carbocycles. The van der Waals surface area contributed by atoms with E-state index in [1.165, 1.54) is 18.9 Å². The van der Waals surface area contributed by atoms with Crippen LogP contribution < -0.4 is 16.0 Å². The first-order chi connectivity index (χ1) is 14.7. The second-order valence-corrected chi connectivity index (χ2v) is 7.73. The molecule has 1 aromatic rings. The van der Waals surface area contributed by atoms with Crippen LogP contribution in [0.1, 0.15) is 44.6 Å². The number of carbonyl (C=O) groups is 4. The minimum absolute atomic E-state index is 0.352. The molecule has 0 radical (unpaired) electrons. The van der Waals surface area contributed by atoms with Gasteiger partial charge < -0.3 is 10.6 Å². The zero-order valence-corrected chi connectivity index (χ0v) is 17.1. The Morgan fingerprint density at radius 2 is 2.00 bits per heavy atom. The third-order valence-electron chi connectivity index (χ3n) is 5.41. The molecule has 0 saturated carbocycles. The first-order valence-electron chi connectivity index (χ1n) is 10.1. The van der Waals surface area contributed by atoms with Crippen molar-refractivity contribution in [2.75, 3.05) is 13.1 Å². The lowest BCUT2D eigenvalue weighted by Gasteiger charge is -2.22. The van der Waals surface area contributed by atoms with Gasteiger partial charge >= 0.3 is 12.1 Å². The maximum atomic E-state index is 14.2. The summed E-state index contributed by atoms with van der Waals surface area (Å²) in [5.74, 6) is -3.48. The van der Waals surface area contributed by atoms with Gasteiger partial charge in [0.1, 0.15) is 23.7 Å². The molecule has 1 heterocycles. The van der Waals surface area contributed by atoms with Crippen molar-refractivity contribution in [1.82, 2.24) is 20.9 Å². The lowest BCUT2D eigenvalue weighted by molar-refractivity contribution is -0.134. The van der Waals surface area contributed by atoms with Crippen LogP contribution in [0.4, 0.5) is 18.4 Å². The lowest BCUT2D eigenvalue weighted by atomic mass is 9.91. The van der Waals surface area contributed by atoms with Crippen molar-refractivity contribution < 1.29 is 28.0 Å². The molecule has 1 fully saturated rings. The van der Waals surface area contributed by atoms with E-state index >= 15 is 0 Å². The number of amides is 6. The number of allylic oxidation sites excluding steroid dienone is 1. The Morgan fingerprint density at radius 1 is 1.23 bits per heavy atom. The average molecular weight is 434 g/mol. The van der Waals surface area contributed by atoms with Gasteiger partial charge in [-0.25, -0.2) is 18.4 Å². The van der Waals surface area contributed by atoms with E-state index in [4.69, 9.17) is 0 Å². The van der Waals surface area contributed by atoms with Crippen molar-refractivity contribution in [2.24, 2.45) is 0 Å². The van der Waals surface area contributed by atoms with E-state index in [2.05, 4.69) is 22.0 Å². The molecule has 31 heavy (non-hydrogen) atoms. The summed E-state index contributed by atoms with van der Waals surface area (Å²) in [6, 6.07) is 0.853. The monoisotopic (exact) mass is 434 g/mol. The van der Waals surface area contributed by atoms with Crippen LogP contribution in [0.3, 0.4) is 0 Å².